The summed E-state index contributed by atoms with van der Waals surface area (Å²) in [5, 5.41) is -0.257. The SMILES string of the molecule is COC(=O)c1ccc(CN2C(=O)S/C(=C/c3cc(Cl)c(OCc4ccc(F)cc4)c(OC)c3)C2=O)o1. The van der Waals surface area contributed by atoms with Gasteiger partial charge < -0.3 is 18.6 Å². The summed E-state index contributed by atoms with van der Waals surface area (Å²) >= 11 is 7.18. The van der Waals surface area contributed by atoms with Gasteiger partial charge in [-0.15, -0.1) is 0 Å². The molecular weight excluding hydrogens is 513 g/mol. The molecule has 36 heavy (non-hydrogen) atoms. The third-order valence-corrected chi connectivity index (χ3v) is 6.27. The van der Waals surface area contributed by atoms with Gasteiger partial charge in [-0.1, -0.05) is 23.7 Å². The highest BCUT2D eigenvalue weighted by Gasteiger charge is 2.36. The van der Waals surface area contributed by atoms with Crippen molar-refractivity contribution in [3.05, 3.63) is 86.9 Å². The summed E-state index contributed by atoms with van der Waals surface area (Å²) in [6.45, 7) is -0.00168. The quantitative estimate of drug-likeness (QED) is 0.270. The molecule has 8 nitrogen and oxygen atoms in total. The Balaban J connectivity index is 1.50. The van der Waals surface area contributed by atoms with Crippen LogP contribution < -0.4 is 9.47 Å². The first-order chi connectivity index (χ1) is 17.3. The number of imide groups is 1. The molecule has 0 N–H and O–H groups in total. The summed E-state index contributed by atoms with van der Waals surface area (Å²) in [5.74, 6) is -0.698. The molecule has 2 heterocycles. The van der Waals surface area contributed by atoms with Crippen molar-refractivity contribution >= 4 is 46.6 Å². The third-order valence-electron chi connectivity index (χ3n) is 5.08. The van der Waals surface area contributed by atoms with Crippen molar-refractivity contribution in [2.24, 2.45) is 0 Å². The van der Waals surface area contributed by atoms with Crippen molar-refractivity contribution in [3.8, 4) is 11.5 Å². The van der Waals surface area contributed by atoms with Gasteiger partial charge in [-0.2, -0.15) is 0 Å². The second-order valence-corrected chi connectivity index (χ2v) is 8.88. The summed E-state index contributed by atoms with van der Waals surface area (Å²) in [7, 11) is 2.66. The summed E-state index contributed by atoms with van der Waals surface area (Å²) in [6.07, 6.45) is 1.52. The maximum Gasteiger partial charge on any atom is 0.373 e. The highest BCUT2D eigenvalue weighted by molar-refractivity contribution is 8.18. The fraction of sp³-hybridized carbons (Fsp3) is 0.160. The summed E-state index contributed by atoms with van der Waals surface area (Å²) in [6, 6.07) is 12.0. The number of halogens is 2. The Morgan fingerprint density at radius 2 is 1.89 bits per heavy atom. The van der Waals surface area contributed by atoms with Crippen molar-refractivity contribution < 1.29 is 37.4 Å². The molecule has 1 aliphatic heterocycles. The molecule has 0 saturated carbocycles. The number of nitrogens with zero attached hydrogens (tertiary/aromatic N) is 1. The van der Waals surface area contributed by atoms with E-state index in [4.69, 9.17) is 25.5 Å². The molecule has 2 amide bonds. The first-order valence-electron chi connectivity index (χ1n) is 10.5. The molecule has 1 saturated heterocycles. The largest absolute Gasteiger partial charge is 0.493 e. The van der Waals surface area contributed by atoms with Crippen molar-refractivity contribution in [2.75, 3.05) is 14.2 Å². The number of esters is 1. The minimum absolute atomic E-state index is 0.0292. The predicted octanol–water partition coefficient (Wildman–Crippen LogP) is 5.68. The van der Waals surface area contributed by atoms with Gasteiger partial charge in [0.05, 0.1) is 30.7 Å². The van der Waals surface area contributed by atoms with Gasteiger partial charge in [0.2, 0.25) is 5.76 Å². The monoisotopic (exact) mass is 531 g/mol. The topological polar surface area (TPSA) is 95.3 Å². The standard InChI is InChI=1S/C25H19ClFNO7S/c1-32-20-10-15(9-18(26)22(20)34-13-14-3-5-16(27)6-4-14)11-21-23(29)28(25(31)36-21)12-17-7-8-19(35-17)24(30)33-2/h3-11H,12-13H2,1-2H3/b21-11+. The molecule has 4 rings (SSSR count). The number of thioether (sulfide) groups is 1. The molecule has 0 aliphatic carbocycles. The van der Waals surface area contributed by atoms with E-state index in [1.165, 1.54) is 44.6 Å². The number of carbonyl (C=O) groups excluding carboxylic acids is 3. The lowest BCUT2D eigenvalue weighted by Crippen LogP contribution is -2.27. The number of methoxy groups -OCH3 is 2. The molecule has 1 aromatic heterocycles. The lowest BCUT2D eigenvalue weighted by Gasteiger charge is -2.14. The van der Waals surface area contributed by atoms with Gasteiger partial charge >= 0.3 is 5.97 Å². The van der Waals surface area contributed by atoms with Gasteiger partial charge in [-0.25, -0.2) is 9.18 Å². The van der Waals surface area contributed by atoms with E-state index in [-0.39, 0.29) is 46.2 Å². The van der Waals surface area contributed by atoms with E-state index in [1.807, 2.05) is 0 Å². The molecular formula is C25H19ClFNO7S. The molecule has 186 valence electrons. The summed E-state index contributed by atoms with van der Waals surface area (Å²) in [5.41, 5.74) is 1.25. The van der Waals surface area contributed by atoms with Gasteiger partial charge in [-0.3, -0.25) is 14.5 Å². The number of carbonyl (C=O) groups is 3. The van der Waals surface area contributed by atoms with E-state index < -0.39 is 17.1 Å². The molecule has 2 aromatic carbocycles. The van der Waals surface area contributed by atoms with Crippen LogP contribution in [0, 0.1) is 5.82 Å². The average molecular weight is 532 g/mol. The Hall–Kier alpha value is -3.76. The van der Waals surface area contributed by atoms with Crippen LogP contribution in [0.5, 0.6) is 11.5 Å². The molecule has 1 aliphatic rings. The van der Waals surface area contributed by atoms with E-state index in [0.29, 0.717) is 11.3 Å². The van der Waals surface area contributed by atoms with E-state index >= 15 is 0 Å². The average Bonchev–Trinajstić information content (AvgIpc) is 3.44. The van der Waals surface area contributed by atoms with E-state index in [0.717, 1.165) is 22.2 Å². The fourth-order valence-electron chi connectivity index (χ4n) is 3.32. The first-order valence-corrected chi connectivity index (χ1v) is 11.7. The van der Waals surface area contributed by atoms with Gasteiger partial charge in [-0.05, 0) is 65.4 Å². The van der Waals surface area contributed by atoms with Crippen molar-refractivity contribution in [2.45, 2.75) is 13.2 Å². The van der Waals surface area contributed by atoms with Gasteiger partial charge in [0.15, 0.2) is 11.5 Å². The van der Waals surface area contributed by atoms with Crippen LogP contribution in [0.2, 0.25) is 5.02 Å². The molecule has 0 spiro atoms. The predicted molar refractivity (Wildman–Crippen MR) is 130 cm³/mol. The molecule has 0 bridgehead atoms. The van der Waals surface area contributed by atoms with E-state index in [2.05, 4.69) is 4.74 Å². The Kier molecular flexibility index (Phi) is 7.66. The number of benzene rings is 2. The first kappa shape index (κ1) is 25.3. The highest BCUT2D eigenvalue weighted by Crippen LogP contribution is 2.39. The molecule has 0 unspecified atom stereocenters. The van der Waals surface area contributed by atoms with Crippen LogP contribution >= 0.6 is 23.4 Å². The number of hydrogen-bond donors (Lipinski definition) is 0. The van der Waals surface area contributed by atoms with E-state index in [9.17, 15) is 18.8 Å². The Labute approximate surface area is 214 Å². The Morgan fingerprint density at radius 1 is 1.14 bits per heavy atom. The van der Waals surface area contributed by atoms with Gasteiger partial charge in [0, 0.05) is 0 Å². The summed E-state index contributed by atoms with van der Waals surface area (Å²) in [4.78, 5) is 38.1. The maximum atomic E-state index is 13.1. The molecule has 1 fully saturated rings. The van der Waals surface area contributed by atoms with Crippen molar-refractivity contribution in [1.82, 2.24) is 4.90 Å². The lowest BCUT2D eigenvalue weighted by atomic mass is 10.1. The second kappa shape index (κ2) is 10.9. The van der Waals surface area contributed by atoms with Crippen LogP contribution in [-0.2, 0) is 22.7 Å². The van der Waals surface area contributed by atoms with Crippen LogP contribution in [0.4, 0.5) is 9.18 Å². The number of amides is 2. The van der Waals surface area contributed by atoms with Crippen LogP contribution in [0.25, 0.3) is 6.08 Å². The minimum atomic E-state index is -0.661. The summed E-state index contributed by atoms with van der Waals surface area (Å²) < 4.78 is 34.2. The van der Waals surface area contributed by atoms with Crippen LogP contribution in [0.15, 0.2) is 57.9 Å². The Morgan fingerprint density at radius 3 is 2.58 bits per heavy atom. The normalized spacial score (nSPS) is 14.4. The Bertz CT molecular complexity index is 1350. The highest BCUT2D eigenvalue weighted by atomic mass is 35.5. The van der Waals surface area contributed by atoms with Crippen molar-refractivity contribution in [1.29, 1.82) is 0 Å². The number of furan rings is 1. The smallest absolute Gasteiger partial charge is 0.373 e. The maximum absolute atomic E-state index is 13.1. The van der Waals surface area contributed by atoms with Gasteiger partial charge in [0.1, 0.15) is 18.2 Å². The molecule has 0 radical (unpaired) electrons. The molecule has 0 atom stereocenters. The number of hydrogen-bond acceptors (Lipinski definition) is 8. The number of rotatable bonds is 8. The minimum Gasteiger partial charge on any atom is -0.493 e. The zero-order chi connectivity index (χ0) is 25.8. The fourth-order valence-corrected chi connectivity index (χ4v) is 4.43. The van der Waals surface area contributed by atoms with Crippen molar-refractivity contribution in [3.63, 3.8) is 0 Å². The van der Waals surface area contributed by atoms with Crippen LogP contribution in [0.3, 0.4) is 0 Å². The van der Waals surface area contributed by atoms with E-state index in [1.54, 1.807) is 24.3 Å². The zero-order valence-corrected chi connectivity index (χ0v) is 20.7. The van der Waals surface area contributed by atoms with Crippen LogP contribution in [-0.4, -0.2) is 36.2 Å². The third kappa shape index (κ3) is 5.55. The van der Waals surface area contributed by atoms with Crippen LogP contribution in [0.1, 0.15) is 27.4 Å². The lowest BCUT2D eigenvalue weighted by molar-refractivity contribution is -0.123. The second-order valence-electron chi connectivity index (χ2n) is 7.47. The molecule has 3 aromatic rings. The number of ether oxygens (including phenoxy) is 3. The van der Waals surface area contributed by atoms with Gasteiger partial charge in [0.25, 0.3) is 11.1 Å². The molecule has 11 heteroatoms. The zero-order valence-electron chi connectivity index (χ0n) is 19.1.